The van der Waals surface area contributed by atoms with E-state index in [0.717, 1.165) is 32.4 Å². The van der Waals surface area contributed by atoms with Crippen molar-refractivity contribution in [2.75, 3.05) is 32.2 Å². The molecule has 190 valence electrons. The van der Waals surface area contributed by atoms with Crippen LogP contribution in [0.15, 0.2) is 42.7 Å². The van der Waals surface area contributed by atoms with Crippen molar-refractivity contribution in [1.29, 1.82) is 0 Å². The largest absolute Gasteiger partial charge is 0.491 e. The van der Waals surface area contributed by atoms with Gasteiger partial charge in [-0.1, -0.05) is 11.3 Å². The van der Waals surface area contributed by atoms with Crippen LogP contribution in [-0.4, -0.2) is 57.2 Å². The lowest BCUT2D eigenvalue weighted by molar-refractivity contribution is -0.160. The molecule has 0 amide bonds. The summed E-state index contributed by atoms with van der Waals surface area (Å²) in [6.45, 7) is 13.2. The fourth-order valence-electron chi connectivity index (χ4n) is 3.95. The van der Waals surface area contributed by atoms with Crippen molar-refractivity contribution < 1.29 is 19.0 Å². The molecule has 5 rings (SSSR count). The number of anilines is 1. The number of hydrogen-bond donors (Lipinski definition) is 1. The predicted molar refractivity (Wildman–Crippen MR) is 143 cm³/mol. The van der Waals surface area contributed by atoms with Gasteiger partial charge in [-0.25, -0.2) is 19.6 Å². The summed E-state index contributed by atoms with van der Waals surface area (Å²) in [6.07, 6.45) is 3.81. The minimum absolute atomic E-state index is 0.105. The first-order valence-corrected chi connectivity index (χ1v) is 12.5. The van der Waals surface area contributed by atoms with E-state index in [4.69, 9.17) is 30.8 Å². The standard InChI is InChI=1S/C26H26N6O4S/c1-26(2,3)36-22(33)15-34-10-11-35-17-6-7-19-20(13-17)37-25-29-18(14-32(19)25)23-24(28-5)31-9-8-16(27-4)12-21(31)30-23/h6-9,12-14,28H,10-11,15H2,1-3,5H3. The molecule has 0 atom stereocenters. The number of hydrogen-bond acceptors (Lipinski definition) is 8. The van der Waals surface area contributed by atoms with E-state index in [1.165, 1.54) is 0 Å². The number of rotatable bonds is 8. The Hall–Kier alpha value is -4.14. The number of aromatic nitrogens is 4. The lowest BCUT2D eigenvalue weighted by Gasteiger charge is -2.19. The second kappa shape index (κ2) is 9.72. The van der Waals surface area contributed by atoms with Crippen LogP contribution in [0.2, 0.25) is 0 Å². The molecule has 0 spiro atoms. The van der Waals surface area contributed by atoms with Gasteiger partial charge in [0.25, 0.3) is 0 Å². The van der Waals surface area contributed by atoms with E-state index < -0.39 is 11.6 Å². The quantitative estimate of drug-likeness (QED) is 0.171. The van der Waals surface area contributed by atoms with E-state index in [9.17, 15) is 4.79 Å². The van der Waals surface area contributed by atoms with Gasteiger partial charge < -0.3 is 19.5 Å². The Morgan fingerprint density at radius 3 is 2.76 bits per heavy atom. The molecule has 0 saturated heterocycles. The summed E-state index contributed by atoms with van der Waals surface area (Å²) >= 11 is 1.56. The van der Waals surface area contributed by atoms with Crippen molar-refractivity contribution in [2.24, 2.45) is 0 Å². The number of nitrogens with one attached hydrogen (secondary N) is 1. The molecule has 0 unspecified atom stereocenters. The van der Waals surface area contributed by atoms with Gasteiger partial charge in [-0.05, 0) is 51.1 Å². The van der Waals surface area contributed by atoms with Crippen molar-refractivity contribution in [3.8, 4) is 17.1 Å². The van der Waals surface area contributed by atoms with Gasteiger partial charge in [-0.15, -0.1) is 0 Å². The van der Waals surface area contributed by atoms with Gasteiger partial charge in [0, 0.05) is 19.4 Å². The fraction of sp³-hybridized carbons (Fsp3) is 0.308. The van der Waals surface area contributed by atoms with E-state index in [-0.39, 0.29) is 13.2 Å². The highest BCUT2D eigenvalue weighted by atomic mass is 32.1. The number of carbonyl (C=O) groups is 1. The van der Waals surface area contributed by atoms with Gasteiger partial charge in [0.2, 0.25) is 0 Å². The number of imidazole rings is 2. The maximum absolute atomic E-state index is 11.7. The minimum Gasteiger partial charge on any atom is -0.491 e. The molecule has 0 bridgehead atoms. The Kier molecular flexibility index (Phi) is 6.45. The third-order valence-corrected chi connectivity index (χ3v) is 6.44. The van der Waals surface area contributed by atoms with E-state index >= 15 is 0 Å². The van der Waals surface area contributed by atoms with Crippen molar-refractivity contribution in [1.82, 2.24) is 18.8 Å². The Bertz CT molecular complexity index is 1650. The van der Waals surface area contributed by atoms with Crippen molar-refractivity contribution in [3.05, 3.63) is 54.1 Å². The highest BCUT2D eigenvalue weighted by Gasteiger charge is 2.19. The number of pyridine rings is 1. The average molecular weight is 519 g/mol. The topological polar surface area (TPSA) is 95.8 Å². The van der Waals surface area contributed by atoms with E-state index in [0.29, 0.717) is 23.7 Å². The molecular weight excluding hydrogens is 492 g/mol. The van der Waals surface area contributed by atoms with E-state index in [2.05, 4.69) is 10.2 Å². The van der Waals surface area contributed by atoms with Crippen LogP contribution < -0.4 is 10.1 Å². The molecule has 0 aliphatic carbocycles. The molecule has 10 nitrogen and oxygen atoms in total. The summed E-state index contributed by atoms with van der Waals surface area (Å²) in [5, 5.41) is 3.20. The number of carbonyl (C=O) groups excluding carboxylic acids is 1. The van der Waals surface area contributed by atoms with Gasteiger partial charge in [0.05, 0.1) is 23.4 Å². The monoisotopic (exact) mass is 518 g/mol. The Labute approximate surface area is 217 Å². The molecule has 5 aromatic rings. The van der Waals surface area contributed by atoms with Crippen molar-refractivity contribution in [3.63, 3.8) is 0 Å². The van der Waals surface area contributed by atoms with Gasteiger partial charge in [-0.2, -0.15) is 0 Å². The van der Waals surface area contributed by atoms with Crippen LogP contribution in [0, 0.1) is 6.57 Å². The summed E-state index contributed by atoms with van der Waals surface area (Å²) in [7, 11) is 1.84. The van der Waals surface area contributed by atoms with Crippen LogP contribution in [0.3, 0.4) is 0 Å². The molecule has 1 aromatic carbocycles. The lowest BCUT2D eigenvalue weighted by Crippen LogP contribution is -2.27. The van der Waals surface area contributed by atoms with Gasteiger partial charge in [0.15, 0.2) is 10.6 Å². The number of esters is 1. The molecule has 4 aromatic heterocycles. The second-order valence-corrected chi connectivity index (χ2v) is 10.3. The minimum atomic E-state index is -0.529. The highest BCUT2D eigenvalue weighted by molar-refractivity contribution is 7.23. The first-order chi connectivity index (χ1) is 17.8. The molecule has 0 saturated carbocycles. The molecule has 4 heterocycles. The summed E-state index contributed by atoms with van der Waals surface area (Å²) in [5.74, 6) is 1.13. The second-order valence-electron chi connectivity index (χ2n) is 9.28. The summed E-state index contributed by atoms with van der Waals surface area (Å²) < 4.78 is 21.4. The zero-order valence-corrected chi connectivity index (χ0v) is 21.8. The number of fused-ring (bicyclic) bond motifs is 4. The van der Waals surface area contributed by atoms with E-state index in [1.807, 2.05) is 67.2 Å². The molecule has 0 fully saturated rings. The molecule has 0 aliphatic rings. The van der Waals surface area contributed by atoms with Crippen LogP contribution in [0.4, 0.5) is 11.5 Å². The lowest BCUT2D eigenvalue weighted by atomic mass is 10.2. The average Bonchev–Trinajstić information content (AvgIpc) is 3.52. The molecule has 0 radical (unpaired) electrons. The molecule has 11 heteroatoms. The van der Waals surface area contributed by atoms with Crippen LogP contribution in [0.5, 0.6) is 5.75 Å². The Morgan fingerprint density at radius 2 is 2.00 bits per heavy atom. The van der Waals surface area contributed by atoms with Gasteiger partial charge >= 0.3 is 5.97 Å². The Morgan fingerprint density at radius 1 is 1.16 bits per heavy atom. The third-order valence-electron chi connectivity index (χ3n) is 5.42. The van der Waals surface area contributed by atoms with Crippen LogP contribution in [0.25, 0.3) is 37.1 Å². The number of benzene rings is 1. The SMILES string of the molecule is [C-]#[N+]c1ccn2c(NC)c(-c3cn4c(n3)sc3cc(OCCOCC(=O)OC(C)(C)C)ccc34)nc2c1. The van der Waals surface area contributed by atoms with Crippen LogP contribution >= 0.6 is 11.3 Å². The van der Waals surface area contributed by atoms with Gasteiger partial charge in [0.1, 0.15) is 47.4 Å². The summed E-state index contributed by atoms with van der Waals surface area (Å²) in [6, 6.07) is 9.38. The van der Waals surface area contributed by atoms with Crippen molar-refractivity contribution in [2.45, 2.75) is 26.4 Å². The smallest absolute Gasteiger partial charge is 0.332 e. The Balaban J connectivity index is 1.30. The number of nitrogens with zero attached hydrogens (tertiary/aromatic N) is 5. The molecular formula is C26H26N6O4S. The normalized spacial score (nSPS) is 11.8. The number of thiazole rings is 1. The number of ether oxygens (including phenoxy) is 3. The first-order valence-electron chi connectivity index (χ1n) is 11.7. The first kappa shape index (κ1) is 24.5. The molecule has 37 heavy (non-hydrogen) atoms. The predicted octanol–water partition coefficient (Wildman–Crippen LogP) is 5.19. The zero-order valence-electron chi connectivity index (χ0n) is 20.9. The van der Waals surface area contributed by atoms with Gasteiger partial charge in [-0.3, -0.25) is 8.80 Å². The van der Waals surface area contributed by atoms with Crippen LogP contribution in [-0.2, 0) is 14.3 Å². The zero-order chi connectivity index (χ0) is 26.2. The maximum Gasteiger partial charge on any atom is 0.332 e. The summed E-state index contributed by atoms with van der Waals surface area (Å²) in [4.78, 5) is 25.6. The maximum atomic E-state index is 11.7. The third kappa shape index (κ3) is 5.07. The fourth-order valence-corrected chi connectivity index (χ4v) is 4.99. The van der Waals surface area contributed by atoms with E-state index in [1.54, 1.807) is 23.5 Å². The molecule has 0 aliphatic heterocycles. The molecule has 1 N–H and O–H groups in total. The van der Waals surface area contributed by atoms with Crippen LogP contribution in [0.1, 0.15) is 20.8 Å². The summed E-state index contributed by atoms with van der Waals surface area (Å²) in [5.41, 5.74) is 3.17. The highest BCUT2D eigenvalue weighted by Crippen LogP contribution is 2.34. The van der Waals surface area contributed by atoms with Crippen molar-refractivity contribution >= 4 is 49.6 Å².